The number of nitrogens with two attached hydrogens (primary N) is 1. The maximum absolute atomic E-state index is 10.4. The largest absolute Gasteiger partial charge is 0.477 e. The molecule has 4 nitrogen and oxygen atoms in total. The Morgan fingerprint density at radius 2 is 2.17 bits per heavy atom. The molecule has 1 aromatic heterocycles. The Bertz CT molecular complexity index is 301. The van der Waals surface area contributed by atoms with Crippen LogP contribution in [0.25, 0.3) is 0 Å². The molecule has 3 N–H and O–H groups in total. The minimum Gasteiger partial charge on any atom is -0.477 e. The molecule has 0 amide bonds. The third-order valence-electron chi connectivity index (χ3n) is 1.35. The predicted molar refractivity (Wildman–Crippen MR) is 47.6 cm³/mol. The molecule has 1 aromatic rings. The van der Waals surface area contributed by atoms with E-state index in [0.29, 0.717) is 11.4 Å². The zero-order chi connectivity index (χ0) is 8.43. The Kier molecular flexibility index (Phi) is 3.50. The lowest BCUT2D eigenvalue weighted by atomic mass is 10.3. The molecule has 0 aromatic carbocycles. The summed E-state index contributed by atoms with van der Waals surface area (Å²) >= 11 is 0. The van der Waals surface area contributed by atoms with Crippen LogP contribution in [0.5, 0.6) is 0 Å². The van der Waals surface area contributed by atoms with E-state index in [1.807, 2.05) is 0 Å². The minimum atomic E-state index is -1.03. The van der Waals surface area contributed by atoms with E-state index in [1.165, 1.54) is 12.1 Å². The van der Waals surface area contributed by atoms with Crippen molar-refractivity contribution >= 4 is 24.1 Å². The van der Waals surface area contributed by atoms with E-state index in [0.717, 1.165) is 0 Å². The average molecular weight is 189 g/mol. The Hall–Kier alpha value is -1.29. The number of halogens is 1. The summed E-state index contributed by atoms with van der Waals surface area (Å²) in [4.78, 5) is 14.1. The predicted octanol–water partition coefficient (Wildman–Crippen LogP) is 1.09. The Labute approximate surface area is 75.8 Å². The Morgan fingerprint density at radius 3 is 2.58 bits per heavy atom. The van der Waals surface area contributed by atoms with Crippen LogP contribution in [0.4, 0.5) is 5.69 Å². The summed E-state index contributed by atoms with van der Waals surface area (Å²) in [5.41, 5.74) is 6.51. The minimum absolute atomic E-state index is 0. The highest BCUT2D eigenvalue weighted by Crippen LogP contribution is 2.07. The molecule has 0 unspecified atom stereocenters. The van der Waals surface area contributed by atoms with Gasteiger partial charge in [0, 0.05) is 0 Å². The number of hydrogen-bond acceptors (Lipinski definition) is 3. The zero-order valence-corrected chi connectivity index (χ0v) is 7.26. The van der Waals surface area contributed by atoms with Crippen molar-refractivity contribution in [2.24, 2.45) is 0 Å². The number of carboxylic acid groups (broad SMARTS) is 1. The number of aromatic carboxylic acids is 1. The summed E-state index contributed by atoms with van der Waals surface area (Å²) < 4.78 is 0. The van der Waals surface area contributed by atoms with Crippen LogP contribution in [0, 0.1) is 6.92 Å². The highest BCUT2D eigenvalue weighted by molar-refractivity contribution is 5.85. The molecular formula is C7H9ClN2O2. The fourth-order valence-electron chi connectivity index (χ4n) is 0.691. The van der Waals surface area contributed by atoms with Crippen molar-refractivity contribution in [3.8, 4) is 0 Å². The van der Waals surface area contributed by atoms with Gasteiger partial charge < -0.3 is 10.8 Å². The fourth-order valence-corrected chi connectivity index (χ4v) is 0.691. The van der Waals surface area contributed by atoms with Crippen molar-refractivity contribution in [3.05, 3.63) is 23.5 Å². The number of pyridine rings is 1. The number of hydrogen-bond donors (Lipinski definition) is 2. The highest BCUT2D eigenvalue weighted by atomic mass is 35.5. The van der Waals surface area contributed by atoms with E-state index in [2.05, 4.69) is 4.98 Å². The summed E-state index contributed by atoms with van der Waals surface area (Å²) in [6.07, 6.45) is 0. The lowest BCUT2D eigenvalue weighted by molar-refractivity contribution is 0.0690. The van der Waals surface area contributed by atoms with Crippen LogP contribution >= 0.6 is 12.4 Å². The molecule has 0 spiro atoms. The van der Waals surface area contributed by atoms with Gasteiger partial charge in [-0.3, -0.25) is 0 Å². The summed E-state index contributed by atoms with van der Waals surface area (Å²) in [5.74, 6) is -1.03. The fraction of sp³-hybridized carbons (Fsp3) is 0.143. The third-order valence-corrected chi connectivity index (χ3v) is 1.35. The molecule has 0 saturated carbocycles. The molecule has 0 radical (unpaired) electrons. The highest BCUT2D eigenvalue weighted by Gasteiger charge is 2.04. The van der Waals surface area contributed by atoms with Gasteiger partial charge in [0.1, 0.15) is 5.69 Å². The number of nitrogens with zero attached hydrogens (tertiary/aromatic N) is 1. The van der Waals surface area contributed by atoms with E-state index in [9.17, 15) is 4.79 Å². The smallest absolute Gasteiger partial charge is 0.354 e. The zero-order valence-electron chi connectivity index (χ0n) is 6.44. The molecule has 0 aliphatic heterocycles. The van der Waals surface area contributed by atoms with E-state index < -0.39 is 5.97 Å². The maximum Gasteiger partial charge on any atom is 0.354 e. The number of carbonyl (C=O) groups is 1. The SMILES string of the molecule is Cc1nc(C(=O)O)ccc1N.Cl. The van der Waals surface area contributed by atoms with Crippen LogP contribution in [-0.4, -0.2) is 16.1 Å². The first-order chi connectivity index (χ1) is 5.11. The van der Waals surface area contributed by atoms with Crippen molar-refractivity contribution in [1.82, 2.24) is 4.98 Å². The first-order valence-corrected chi connectivity index (χ1v) is 3.07. The van der Waals surface area contributed by atoms with Crippen LogP contribution in [0.1, 0.15) is 16.2 Å². The first-order valence-electron chi connectivity index (χ1n) is 3.07. The van der Waals surface area contributed by atoms with Crippen molar-refractivity contribution in [3.63, 3.8) is 0 Å². The Balaban J connectivity index is 0.00000121. The summed E-state index contributed by atoms with van der Waals surface area (Å²) in [6, 6.07) is 2.91. The molecule has 1 rings (SSSR count). The van der Waals surface area contributed by atoms with Crippen LogP contribution < -0.4 is 5.73 Å². The number of nitrogen functional groups attached to an aromatic ring is 1. The van der Waals surface area contributed by atoms with Gasteiger partial charge in [-0.05, 0) is 19.1 Å². The van der Waals surface area contributed by atoms with E-state index in [4.69, 9.17) is 10.8 Å². The van der Waals surface area contributed by atoms with E-state index in [1.54, 1.807) is 6.92 Å². The second kappa shape index (κ2) is 3.92. The van der Waals surface area contributed by atoms with Gasteiger partial charge in [-0.15, -0.1) is 12.4 Å². The monoisotopic (exact) mass is 188 g/mol. The van der Waals surface area contributed by atoms with Crippen molar-refractivity contribution < 1.29 is 9.90 Å². The van der Waals surface area contributed by atoms with Gasteiger partial charge in [0.15, 0.2) is 0 Å². The normalized spacial score (nSPS) is 8.75. The molecule has 0 aliphatic rings. The quantitative estimate of drug-likeness (QED) is 0.692. The number of carboxylic acids is 1. The molecule has 0 fully saturated rings. The number of aryl methyl sites for hydroxylation is 1. The molecular weight excluding hydrogens is 180 g/mol. The third kappa shape index (κ3) is 2.10. The number of aromatic nitrogens is 1. The Morgan fingerprint density at radius 1 is 1.58 bits per heavy atom. The van der Waals surface area contributed by atoms with Crippen molar-refractivity contribution in [2.75, 3.05) is 5.73 Å². The van der Waals surface area contributed by atoms with Crippen LogP contribution in [-0.2, 0) is 0 Å². The average Bonchev–Trinajstić information content (AvgIpc) is 1.94. The van der Waals surface area contributed by atoms with Gasteiger partial charge in [-0.25, -0.2) is 9.78 Å². The molecule has 12 heavy (non-hydrogen) atoms. The topological polar surface area (TPSA) is 76.2 Å². The molecule has 0 atom stereocenters. The van der Waals surface area contributed by atoms with Gasteiger partial charge in [0.25, 0.3) is 0 Å². The summed E-state index contributed by atoms with van der Waals surface area (Å²) in [7, 11) is 0. The standard InChI is InChI=1S/C7H8N2O2.ClH/c1-4-5(8)2-3-6(9-4)7(10)11;/h2-3H,8H2,1H3,(H,10,11);1H. The molecule has 66 valence electrons. The van der Waals surface area contributed by atoms with Crippen LogP contribution in [0.3, 0.4) is 0 Å². The molecule has 0 bridgehead atoms. The molecule has 5 heteroatoms. The molecule has 0 aliphatic carbocycles. The summed E-state index contributed by atoms with van der Waals surface area (Å²) in [6.45, 7) is 1.67. The summed E-state index contributed by atoms with van der Waals surface area (Å²) in [5, 5.41) is 8.50. The van der Waals surface area contributed by atoms with Gasteiger partial charge in [-0.2, -0.15) is 0 Å². The van der Waals surface area contributed by atoms with Gasteiger partial charge >= 0.3 is 5.97 Å². The van der Waals surface area contributed by atoms with Crippen molar-refractivity contribution in [2.45, 2.75) is 6.92 Å². The molecule has 0 saturated heterocycles. The van der Waals surface area contributed by atoms with Crippen molar-refractivity contribution in [1.29, 1.82) is 0 Å². The van der Waals surface area contributed by atoms with Gasteiger partial charge in [-0.1, -0.05) is 0 Å². The second-order valence-corrected chi connectivity index (χ2v) is 2.18. The lowest BCUT2D eigenvalue weighted by Gasteiger charge is -1.98. The van der Waals surface area contributed by atoms with E-state index >= 15 is 0 Å². The lowest BCUT2D eigenvalue weighted by Crippen LogP contribution is -2.03. The van der Waals surface area contributed by atoms with Gasteiger partial charge in [0.05, 0.1) is 11.4 Å². The van der Waals surface area contributed by atoms with Crippen LogP contribution in [0.15, 0.2) is 12.1 Å². The molecule has 1 heterocycles. The first kappa shape index (κ1) is 10.7. The van der Waals surface area contributed by atoms with Gasteiger partial charge in [0.2, 0.25) is 0 Å². The number of rotatable bonds is 1. The maximum atomic E-state index is 10.4. The number of anilines is 1. The van der Waals surface area contributed by atoms with E-state index in [-0.39, 0.29) is 18.1 Å². The second-order valence-electron chi connectivity index (χ2n) is 2.18. The van der Waals surface area contributed by atoms with Crippen LogP contribution in [0.2, 0.25) is 0 Å².